The average molecular weight is 358 g/mol. The normalized spacial score (nSPS) is 11.3. The van der Waals surface area contributed by atoms with E-state index in [-0.39, 0.29) is 0 Å². The summed E-state index contributed by atoms with van der Waals surface area (Å²) >= 11 is 0. The SMILES string of the molecule is CC/C(=N\OC)c1cc(C)nc(Oc2c(OC)cc(C)cc2OC)c1C. The van der Waals surface area contributed by atoms with Gasteiger partial charge >= 0.3 is 0 Å². The van der Waals surface area contributed by atoms with Gasteiger partial charge in [-0.25, -0.2) is 4.98 Å². The molecule has 0 bridgehead atoms. The summed E-state index contributed by atoms with van der Waals surface area (Å²) in [5, 5.41) is 4.13. The fourth-order valence-electron chi connectivity index (χ4n) is 2.73. The molecule has 1 heterocycles. The summed E-state index contributed by atoms with van der Waals surface area (Å²) in [7, 11) is 4.74. The van der Waals surface area contributed by atoms with Crippen molar-refractivity contribution in [3.05, 3.63) is 40.6 Å². The zero-order valence-corrected chi connectivity index (χ0v) is 16.5. The highest BCUT2D eigenvalue weighted by Crippen LogP contribution is 2.41. The fraction of sp³-hybridized carbons (Fsp3) is 0.400. The molecule has 6 nitrogen and oxygen atoms in total. The summed E-state index contributed by atoms with van der Waals surface area (Å²) in [6, 6.07) is 5.77. The molecule has 0 saturated carbocycles. The Balaban J connectivity index is 2.58. The van der Waals surface area contributed by atoms with Crippen LogP contribution in [0.3, 0.4) is 0 Å². The van der Waals surface area contributed by atoms with E-state index >= 15 is 0 Å². The third kappa shape index (κ3) is 4.07. The maximum atomic E-state index is 6.15. The first-order valence-electron chi connectivity index (χ1n) is 8.44. The quantitative estimate of drug-likeness (QED) is 0.536. The van der Waals surface area contributed by atoms with Gasteiger partial charge in [-0.1, -0.05) is 12.1 Å². The van der Waals surface area contributed by atoms with Gasteiger partial charge in [-0.3, -0.25) is 0 Å². The Hall–Kier alpha value is -2.76. The molecule has 0 atom stereocenters. The van der Waals surface area contributed by atoms with Crippen molar-refractivity contribution in [1.82, 2.24) is 4.98 Å². The molecule has 0 spiro atoms. The van der Waals surface area contributed by atoms with Gasteiger partial charge in [0, 0.05) is 16.8 Å². The summed E-state index contributed by atoms with van der Waals surface area (Å²) in [5.41, 5.74) is 4.49. The minimum atomic E-state index is 0.484. The molecular formula is C20H26N2O4. The Morgan fingerprint density at radius 1 is 1.00 bits per heavy atom. The van der Waals surface area contributed by atoms with Crippen LogP contribution in [-0.2, 0) is 4.84 Å². The van der Waals surface area contributed by atoms with Crippen LogP contribution in [0.1, 0.15) is 35.7 Å². The minimum Gasteiger partial charge on any atom is -0.493 e. The second kappa shape index (κ2) is 8.56. The zero-order chi connectivity index (χ0) is 19.3. The number of aryl methyl sites for hydroxylation is 2. The van der Waals surface area contributed by atoms with Gasteiger partial charge in [-0.2, -0.15) is 0 Å². The van der Waals surface area contributed by atoms with E-state index in [1.807, 2.05) is 45.9 Å². The maximum absolute atomic E-state index is 6.15. The van der Waals surface area contributed by atoms with Crippen molar-refractivity contribution in [2.24, 2.45) is 5.16 Å². The molecule has 0 fully saturated rings. The first-order chi connectivity index (χ1) is 12.4. The standard InChI is InChI=1S/C20H26N2O4/c1-8-16(22-25-7)15-11-13(3)21-20(14(15)4)26-19-17(23-5)9-12(2)10-18(19)24-6/h9-11H,8H2,1-7H3/b22-16+. The van der Waals surface area contributed by atoms with Crippen LogP contribution < -0.4 is 14.2 Å². The number of benzene rings is 1. The molecule has 0 N–H and O–H groups in total. The second-order valence-electron chi connectivity index (χ2n) is 5.92. The summed E-state index contributed by atoms with van der Waals surface area (Å²) < 4.78 is 17.1. The third-order valence-corrected chi connectivity index (χ3v) is 4.01. The molecule has 0 aliphatic carbocycles. The van der Waals surface area contributed by atoms with Gasteiger partial charge in [0.2, 0.25) is 11.6 Å². The van der Waals surface area contributed by atoms with Crippen LogP contribution >= 0.6 is 0 Å². The molecule has 140 valence electrons. The lowest BCUT2D eigenvalue weighted by atomic mass is 10.0. The number of nitrogens with zero attached hydrogens (tertiary/aromatic N) is 2. The number of ether oxygens (including phenoxy) is 3. The van der Waals surface area contributed by atoms with Crippen molar-refractivity contribution < 1.29 is 19.0 Å². The molecule has 0 aliphatic heterocycles. The lowest BCUT2D eigenvalue weighted by molar-refractivity contribution is 0.213. The number of pyridine rings is 1. The fourth-order valence-corrected chi connectivity index (χ4v) is 2.73. The molecule has 2 rings (SSSR count). The van der Waals surface area contributed by atoms with E-state index in [0.717, 1.165) is 34.5 Å². The first kappa shape index (κ1) is 19.6. The molecule has 6 heteroatoms. The smallest absolute Gasteiger partial charge is 0.223 e. The molecule has 0 radical (unpaired) electrons. The number of hydrogen-bond donors (Lipinski definition) is 0. The number of oxime groups is 1. The Bertz CT molecular complexity index is 791. The van der Waals surface area contributed by atoms with Crippen LogP contribution in [0.4, 0.5) is 0 Å². The number of aromatic nitrogens is 1. The Morgan fingerprint density at radius 2 is 1.62 bits per heavy atom. The lowest BCUT2D eigenvalue weighted by Crippen LogP contribution is -2.07. The largest absolute Gasteiger partial charge is 0.493 e. The maximum Gasteiger partial charge on any atom is 0.223 e. The number of methoxy groups -OCH3 is 2. The molecule has 0 aliphatic rings. The van der Waals surface area contributed by atoms with Crippen LogP contribution in [0.25, 0.3) is 0 Å². The van der Waals surface area contributed by atoms with Crippen LogP contribution in [0.5, 0.6) is 23.1 Å². The third-order valence-electron chi connectivity index (χ3n) is 4.01. The van der Waals surface area contributed by atoms with Crippen molar-refractivity contribution >= 4 is 5.71 Å². The Labute approximate surface area is 154 Å². The molecule has 1 aromatic heterocycles. The number of rotatable bonds is 7. The van der Waals surface area contributed by atoms with Crippen molar-refractivity contribution in [3.8, 4) is 23.1 Å². The van der Waals surface area contributed by atoms with Crippen LogP contribution in [0.2, 0.25) is 0 Å². The second-order valence-corrected chi connectivity index (χ2v) is 5.92. The Kier molecular flexibility index (Phi) is 6.44. The highest BCUT2D eigenvalue weighted by molar-refractivity contribution is 6.01. The van der Waals surface area contributed by atoms with Crippen molar-refractivity contribution in [2.45, 2.75) is 34.1 Å². The van der Waals surface area contributed by atoms with Crippen LogP contribution in [-0.4, -0.2) is 32.0 Å². The van der Waals surface area contributed by atoms with Gasteiger partial charge in [0.05, 0.1) is 19.9 Å². The predicted octanol–water partition coefficient (Wildman–Crippen LogP) is 4.58. The molecular weight excluding hydrogens is 332 g/mol. The van der Waals surface area contributed by atoms with Gasteiger partial charge in [-0.05, 0) is 51.0 Å². The lowest BCUT2D eigenvalue weighted by Gasteiger charge is -2.17. The average Bonchev–Trinajstić information content (AvgIpc) is 2.63. The Morgan fingerprint density at radius 3 is 2.12 bits per heavy atom. The van der Waals surface area contributed by atoms with E-state index in [1.54, 1.807) is 21.3 Å². The molecule has 0 amide bonds. The van der Waals surface area contributed by atoms with Crippen LogP contribution in [0, 0.1) is 20.8 Å². The highest BCUT2D eigenvalue weighted by atomic mass is 16.6. The molecule has 2 aromatic rings. The van der Waals surface area contributed by atoms with E-state index in [9.17, 15) is 0 Å². The van der Waals surface area contributed by atoms with Crippen molar-refractivity contribution in [2.75, 3.05) is 21.3 Å². The molecule has 26 heavy (non-hydrogen) atoms. The summed E-state index contributed by atoms with van der Waals surface area (Å²) in [6.07, 6.45) is 0.731. The monoisotopic (exact) mass is 358 g/mol. The highest BCUT2D eigenvalue weighted by Gasteiger charge is 2.19. The van der Waals surface area contributed by atoms with E-state index in [0.29, 0.717) is 23.1 Å². The van der Waals surface area contributed by atoms with Gasteiger partial charge in [0.1, 0.15) is 7.11 Å². The summed E-state index contributed by atoms with van der Waals surface area (Å²) in [4.78, 5) is 9.52. The summed E-state index contributed by atoms with van der Waals surface area (Å²) in [6.45, 7) is 7.86. The molecule has 0 unspecified atom stereocenters. The van der Waals surface area contributed by atoms with Crippen molar-refractivity contribution in [1.29, 1.82) is 0 Å². The van der Waals surface area contributed by atoms with Gasteiger partial charge in [-0.15, -0.1) is 0 Å². The minimum absolute atomic E-state index is 0.484. The predicted molar refractivity (Wildman–Crippen MR) is 102 cm³/mol. The topological polar surface area (TPSA) is 62.2 Å². The van der Waals surface area contributed by atoms with Gasteiger partial charge in [0.25, 0.3) is 0 Å². The zero-order valence-electron chi connectivity index (χ0n) is 16.5. The van der Waals surface area contributed by atoms with Crippen molar-refractivity contribution in [3.63, 3.8) is 0 Å². The number of hydrogen-bond acceptors (Lipinski definition) is 6. The van der Waals surface area contributed by atoms with E-state index < -0.39 is 0 Å². The van der Waals surface area contributed by atoms with E-state index in [4.69, 9.17) is 19.0 Å². The van der Waals surface area contributed by atoms with Gasteiger partial charge < -0.3 is 19.0 Å². The van der Waals surface area contributed by atoms with Crippen LogP contribution in [0.15, 0.2) is 23.4 Å². The first-order valence-corrected chi connectivity index (χ1v) is 8.44. The molecule has 1 aromatic carbocycles. The summed E-state index contributed by atoms with van der Waals surface area (Å²) in [5.74, 6) is 2.16. The van der Waals surface area contributed by atoms with Gasteiger partial charge in [0.15, 0.2) is 11.5 Å². The molecule has 0 saturated heterocycles. The van der Waals surface area contributed by atoms with E-state index in [2.05, 4.69) is 10.1 Å². The van der Waals surface area contributed by atoms with E-state index in [1.165, 1.54) is 0 Å².